The van der Waals surface area contributed by atoms with Gasteiger partial charge in [0.2, 0.25) is 0 Å². The first-order valence-electron chi connectivity index (χ1n) is 4.64. The third kappa shape index (κ3) is 1.35. The average Bonchev–Trinajstić information content (AvgIpc) is 2.18. The summed E-state index contributed by atoms with van der Waals surface area (Å²) >= 11 is 0. The lowest BCUT2D eigenvalue weighted by atomic mass is 9.86. The highest BCUT2D eigenvalue weighted by Crippen LogP contribution is 2.36. The fraction of sp³-hybridized carbons (Fsp3) is 0.364. The predicted octanol–water partition coefficient (Wildman–Crippen LogP) is 1.88. The number of para-hydroxylation sites is 1. The lowest BCUT2D eigenvalue weighted by Crippen LogP contribution is -2.30. The van der Waals surface area contributed by atoms with Crippen LogP contribution in [0.1, 0.15) is 18.4 Å². The topological polar surface area (TPSA) is 46.5 Å². The van der Waals surface area contributed by atoms with E-state index in [1.165, 1.54) is 0 Å². The molecule has 0 amide bonds. The quantitative estimate of drug-likeness (QED) is 0.739. The molecule has 1 aliphatic rings. The van der Waals surface area contributed by atoms with E-state index in [1.54, 1.807) is 0 Å². The number of carbonyl (C=O) groups is 1. The number of rotatable bonds is 1. The van der Waals surface area contributed by atoms with Crippen molar-refractivity contribution in [3.63, 3.8) is 0 Å². The van der Waals surface area contributed by atoms with Crippen LogP contribution < -0.4 is 4.74 Å². The maximum atomic E-state index is 10.9. The highest BCUT2D eigenvalue weighted by molar-refractivity contribution is 5.72. The molecule has 0 spiro atoms. The first-order chi connectivity index (χ1) is 6.70. The van der Waals surface area contributed by atoms with E-state index >= 15 is 0 Å². The number of hydrogen-bond acceptors (Lipinski definition) is 2. The van der Waals surface area contributed by atoms with E-state index in [-0.39, 0.29) is 12.5 Å². The van der Waals surface area contributed by atoms with Crippen LogP contribution in [0.25, 0.3) is 0 Å². The summed E-state index contributed by atoms with van der Waals surface area (Å²) in [7, 11) is 0. The van der Waals surface area contributed by atoms with Crippen molar-refractivity contribution in [2.45, 2.75) is 12.8 Å². The first kappa shape index (κ1) is 9.06. The third-order valence-corrected chi connectivity index (χ3v) is 2.75. The standard InChI is InChI=1S/C11H12O3/c1-7-8-4-2-3-5-10(8)14-6-9(7)11(12)13/h2-5,7,9H,6H2,1H3,(H,12,13). The molecule has 0 bridgehead atoms. The number of ether oxygens (including phenoxy) is 1. The Morgan fingerprint density at radius 3 is 2.93 bits per heavy atom. The molecule has 0 radical (unpaired) electrons. The summed E-state index contributed by atoms with van der Waals surface area (Å²) in [5.74, 6) is -0.369. The normalized spacial score (nSPS) is 24.9. The van der Waals surface area contributed by atoms with Gasteiger partial charge in [-0.15, -0.1) is 0 Å². The first-order valence-corrected chi connectivity index (χ1v) is 4.64. The summed E-state index contributed by atoms with van der Waals surface area (Å²) in [5, 5.41) is 8.95. The summed E-state index contributed by atoms with van der Waals surface area (Å²) in [6, 6.07) is 7.61. The van der Waals surface area contributed by atoms with E-state index in [2.05, 4.69) is 0 Å². The number of aliphatic carboxylic acids is 1. The molecule has 0 saturated heterocycles. The minimum atomic E-state index is -0.785. The average molecular weight is 192 g/mol. The second kappa shape index (κ2) is 3.33. The zero-order valence-corrected chi connectivity index (χ0v) is 7.93. The number of hydrogen-bond donors (Lipinski definition) is 1. The third-order valence-electron chi connectivity index (χ3n) is 2.75. The molecule has 3 heteroatoms. The van der Waals surface area contributed by atoms with Crippen LogP contribution in [0.15, 0.2) is 24.3 Å². The molecule has 0 saturated carbocycles. The van der Waals surface area contributed by atoms with Crippen LogP contribution in [0.3, 0.4) is 0 Å². The zero-order chi connectivity index (χ0) is 10.1. The molecule has 0 fully saturated rings. The van der Waals surface area contributed by atoms with Crippen LogP contribution in [-0.4, -0.2) is 17.7 Å². The Morgan fingerprint density at radius 1 is 1.50 bits per heavy atom. The van der Waals surface area contributed by atoms with E-state index in [9.17, 15) is 4.79 Å². The molecule has 1 N–H and O–H groups in total. The van der Waals surface area contributed by atoms with Crippen LogP contribution in [0.4, 0.5) is 0 Å². The van der Waals surface area contributed by atoms with E-state index in [1.807, 2.05) is 31.2 Å². The highest BCUT2D eigenvalue weighted by Gasteiger charge is 2.32. The smallest absolute Gasteiger partial charge is 0.310 e. The monoisotopic (exact) mass is 192 g/mol. The molecule has 14 heavy (non-hydrogen) atoms. The molecule has 1 aromatic rings. The molecule has 2 unspecified atom stereocenters. The van der Waals surface area contributed by atoms with Gasteiger partial charge in [-0.05, 0) is 11.6 Å². The van der Waals surface area contributed by atoms with E-state index in [4.69, 9.17) is 9.84 Å². The number of carboxylic acids is 1. The molecule has 1 heterocycles. The zero-order valence-electron chi connectivity index (χ0n) is 7.93. The molecule has 1 aliphatic heterocycles. The molecular formula is C11H12O3. The number of fused-ring (bicyclic) bond motifs is 1. The summed E-state index contributed by atoms with van der Waals surface area (Å²) in [5.41, 5.74) is 0.992. The Labute approximate surface area is 82.3 Å². The molecule has 2 atom stereocenters. The van der Waals surface area contributed by atoms with Crippen molar-refractivity contribution in [1.29, 1.82) is 0 Å². The second-order valence-electron chi connectivity index (χ2n) is 3.58. The van der Waals surface area contributed by atoms with Gasteiger partial charge in [-0.1, -0.05) is 25.1 Å². The van der Waals surface area contributed by atoms with Crippen molar-refractivity contribution in [3.05, 3.63) is 29.8 Å². The largest absolute Gasteiger partial charge is 0.492 e. The molecule has 1 aromatic carbocycles. The van der Waals surface area contributed by atoms with Gasteiger partial charge >= 0.3 is 5.97 Å². The molecular weight excluding hydrogens is 180 g/mol. The summed E-state index contributed by atoms with van der Waals surface area (Å²) < 4.78 is 5.39. The van der Waals surface area contributed by atoms with Gasteiger partial charge < -0.3 is 9.84 Å². The minimum absolute atomic E-state index is 0.0254. The van der Waals surface area contributed by atoms with Gasteiger partial charge in [-0.25, -0.2) is 0 Å². The van der Waals surface area contributed by atoms with Gasteiger partial charge in [-0.3, -0.25) is 4.79 Å². The Hall–Kier alpha value is -1.51. The van der Waals surface area contributed by atoms with Gasteiger partial charge in [0, 0.05) is 5.92 Å². The summed E-state index contributed by atoms with van der Waals surface area (Å²) in [6.45, 7) is 2.20. The van der Waals surface area contributed by atoms with Gasteiger partial charge in [-0.2, -0.15) is 0 Å². The van der Waals surface area contributed by atoms with Gasteiger partial charge in [0.25, 0.3) is 0 Å². The van der Waals surface area contributed by atoms with E-state index < -0.39 is 11.9 Å². The van der Waals surface area contributed by atoms with Crippen molar-refractivity contribution in [2.24, 2.45) is 5.92 Å². The SMILES string of the molecule is CC1c2ccccc2OCC1C(=O)O. The van der Waals surface area contributed by atoms with Crippen LogP contribution >= 0.6 is 0 Å². The maximum absolute atomic E-state index is 10.9. The Balaban J connectivity index is 2.36. The van der Waals surface area contributed by atoms with E-state index in [0.29, 0.717) is 0 Å². The summed E-state index contributed by atoms with van der Waals surface area (Å²) in [6.07, 6.45) is 0. The van der Waals surface area contributed by atoms with Crippen LogP contribution in [-0.2, 0) is 4.79 Å². The van der Waals surface area contributed by atoms with Crippen molar-refractivity contribution >= 4 is 5.97 Å². The number of carboxylic acid groups (broad SMARTS) is 1. The Kier molecular flexibility index (Phi) is 2.15. The fourth-order valence-corrected chi connectivity index (χ4v) is 1.81. The van der Waals surface area contributed by atoms with Gasteiger partial charge in [0.1, 0.15) is 12.4 Å². The van der Waals surface area contributed by atoms with Gasteiger partial charge in [0.05, 0.1) is 5.92 Å². The predicted molar refractivity (Wildman–Crippen MR) is 51.5 cm³/mol. The fourth-order valence-electron chi connectivity index (χ4n) is 1.81. The molecule has 0 aliphatic carbocycles. The van der Waals surface area contributed by atoms with E-state index in [0.717, 1.165) is 11.3 Å². The second-order valence-corrected chi connectivity index (χ2v) is 3.58. The molecule has 2 rings (SSSR count). The van der Waals surface area contributed by atoms with Crippen molar-refractivity contribution in [1.82, 2.24) is 0 Å². The van der Waals surface area contributed by atoms with Crippen LogP contribution in [0.2, 0.25) is 0 Å². The Morgan fingerprint density at radius 2 is 2.21 bits per heavy atom. The molecule has 3 nitrogen and oxygen atoms in total. The van der Waals surface area contributed by atoms with Crippen LogP contribution in [0, 0.1) is 5.92 Å². The van der Waals surface area contributed by atoms with Crippen molar-refractivity contribution in [2.75, 3.05) is 6.61 Å². The minimum Gasteiger partial charge on any atom is -0.492 e. The van der Waals surface area contributed by atoms with Crippen molar-refractivity contribution < 1.29 is 14.6 Å². The molecule has 74 valence electrons. The highest BCUT2D eigenvalue weighted by atomic mass is 16.5. The maximum Gasteiger partial charge on any atom is 0.310 e. The lowest BCUT2D eigenvalue weighted by Gasteiger charge is -2.28. The van der Waals surface area contributed by atoms with Crippen LogP contribution in [0.5, 0.6) is 5.75 Å². The number of benzene rings is 1. The summed E-state index contributed by atoms with van der Waals surface area (Å²) in [4.78, 5) is 10.9. The molecule has 0 aromatic heterocycles. The van der Waals surface area contributed by atoms with Crippen molar-refractivity contribution in [3.8, 4) is 5.75 Å². The lowest BCUT2D eigenvalue weighted by molar-refractivity contribution is -0.144. The Bertz CT molecular complexity index is 359. The van der Waals surface area contributed by atoms with Gasteiger partial charge in [0.15, 0.2) is 0 Å².